The Hall–Kier alpha value is -1.46. The summed E-state index contributed by atoms with van der Waals surface area (Å²) in [6, 6.07) is 5.59. The molecule has 0 aromatic heterocycles. The molecular weight excluding hydrogens is 314 g/mol. The first-order valence-electron chi connectivity index (χ1n) is 7.61. The average molecular weight is 342 g/mol. The first-order chi connectivity index (χ1) is 10.8. The Bertz CT molecular complexity index is 527. The molecule has 0 aliphatic carbocycles. The van der Waals surface area contributed by atoms with Crippen LogP contribution < -0.4 is 15.4 Å². The van der Waals surface area contributed by atoms with Gasteiger partial charge in [0.1, 0.15) is 5.75 Å². The topological polar surface area (TPSA) is 54.9 Å². The summed E-state index contributed by atoms with van der Waals surface area (Å²) in [5.74, 6) is 1.47. The lowest BCUT2D eigenvalue weighted by molar-refractivity contribution is 0.0205. The lowest BCUT2D eigenvalue weighted by Gasteiger charge is -2.30. The van der Waals surface area contributed by atoms with Crippen LogP contribution in [0.2, 0.25) is 5.02 Å². The SMILES string of the molecule is CN=C(NCc1ccc(Cl)cc1OC)NCC(OC)C(C)(C)C. The number of ether oxygens (including phenoxy) is 2. The zero-order chi connectivity index (χ0) is 17.5. The van der Waals surface area contributed by atoms with E-state index in [1.807, 2.05) is 12.1 Å². The van der Waals surface area contributed by atoms with E-state index in [2.05, 4.69) is 36.4 Å². The molecule has 0 saturated carbocycles. The quantitative estimate of drug-likeness (QED) is 0.616. The van der Waals surface area contributed by atoms with Gasteiger partial charge in [-0.25, -0.2) is 0 Å². The number of nitrogens with one attached hydrogen (secondary N) is 2. The van der Waals surface area contributed by atoms with Gasteiger partial charge in [0.05, 0.1) is 13.2 Å². The number of halogens is 1. The van der Waals surface area contributed by atoms with Crippen molar-refractivity contribution >= 4 is 17.6 Å². The highest BCUT2D eigenvalue weighted by Gasteiger charge is 2.24. The van der Waals surface area contributed by atoms with Crippen molar-refractivity contribution in [2.75, 3.05) is 27.8 Å². The molecule has 0 saturated heterocycles. The molecule has 1 aromatic carbocycles. The standard InChI is InChI=1S/C17H28ClN3O2/c1-17(2,3)15(23-6)11-21-16(19-4)20-10-12-7-8-13(18)9-14(12)22-5/h7-9,15H,10-11H2,1-6H3,(H2,19,20,21). The van der Waals surface area contributed by atoms with Crippen molar-refractivity contribution in [3.63, 3.8) is 0 Å². The first-order valence-corrected chi connectivity index (χ1v) is 7.99. The lowest BCUT2D eigenvalue weighted by atomic mass is 9.89. The molecule has 0 radical (unpaired) electrons. The largest absolute Gasteiger partial charge is 0.496 e. The highest BCUT2D eigenvalue weighted by molar-refractivity contribution is 6.30. The van der Waals surface area contributed by atoms with Gasteiger partial charge in [0.15, 0.2) is 5.96 Å². The van der Waals surface area contributed by atoms with Crippen LogP contribution in [0.3, 0.4) is 0 Å². The molecule has 6 heteroatoms. The Balaban J connectivity index is 2.61. The van der Waals surface area contributed by atoms with Crippen molar-refractivity contribution < 1.29 is 9.47 Å². The molecule has 0 bridgehead atoms. The predicted octanol–water partition coefficient (Wildman–Crippen LogP) is 3.07. The smallest absolute Gasteiger partial charge is 0.191 e. The number of rotatable bonds is 6. The van der Waals surface area contributed by atoms with Crippen molar-refractivity contribution in [2.45, 2.75) is 33.4 Å². The molecule has 0 fully saturated rings. The third-order valence-corrected chi connectivity index (χ3v) is 3.86. The van der Waals surface area contributed by atoms with E-state index in [9.17, 15) is 0 Å². The molecule has 1 atom stereocenters. The maximum absolute atomic E-state index is 5.98. The summed E-state index contributed by atoms with van der Waals surface area (Å²) in [4.78, 5) is 4.24. The summed E-state index contributed by atoms with van der Waals surface area (Å²) in [6.07, 6.45) is 0.0890. The molecule has 0 aliphatic rings. The van der Waals surface area contributed by atoms with Crippen LogP contribution in [0.5, 0.6) is 5.75 Å². The Morgan fingerprint density at radius 3 is 2.48 bits per heavy atom. The fourth-order valence-electron chi connectivity index (χ4n) is 2.20. The van der Waals surface area contributed by atoms with Gasteiger partial charge in [-0.1, -0.05) is 38.4 Å². The van der Waals surface area contributed by atoms with E-state index in [1.165, 1.54) is 0 Å². The highest BCUT2D eigenvalue weighted by atomic mass is 35.5. The van der Waals surface area contributed by atoms with Crippen LogP contribution in [-0.4, -0.2) is 39.9 Å². The maximum atomic E-state index is 5.98. The minimum atomic E-state index is 0.0556. The van der Waals surface area contributed by atoms with E-state index in [4.69, 9.17) is 21.1 Å². The number of benzene rings is 1. The van der Waals surface area contributed by atoms with E-state index in [-0.39, 0.29) is 11.5 Å². The summed E-state index contributed by atoms with van der Waals surface area (Å²) in [5.41, 5.74) is 1.07. The second-order valence-corrected chi connectivity index (χ2v) is 6.79. The van der Waals surface area contributed by atoms with Crippen LogP contribution in [0.4, 0.5) is 0 Å². The fourth-order valence-corrected chi connectivity index (χ4v) is 2.36. The summed E-state index contributed by atoms with van der Waals surface area (Å²) in [6.45, 7) is 7.72. The Labute approximate surface area is 144 Å². The number of aliphatic imine (C=N–C) groups is 1. The Kier molecular flexibility index (Phi) is 7.65. The minimum Gasteiger partial charge on any atom is -0.496 e. The summed E-state index contributed by atoms with van der Waals surface area (Å²) in [7, 11) is 5.11. The molecule has 1 unspecified atom stereocenters. The van der Waals surface area contributed by atoms with Gasteiger partial charge in [-0.15, -0.1) is 0 Å². The average Bonchev–Trinajstić information content (AvgIpc) is 2.50. The zero-order valence-corrected chi connectivity index (χ0v) is 15.6. The van der Waals surface area contributed by atoms with Crippen LogP contribution >= 0.6 is 11.6 Å². The van der Waals surface area contributed by atoms with E-state index in [1.54, 1.807) is 27.3 Å². The Morgan fingerprint density at radius 2 is 1.96 bits per heavy atom. The van der Waals surface area contributed by atoms with E-state index >= 15 is 0 Å². The van der Waals surface area contributed by atoms with Gasteiger partial charge < -0.3 is 20.1 Å². The zero-order valence-electron chi connectivity index (χ0n) is 14.9. The van der Waals surface area contributed by atoms with Crippen LogP contribution in [-0.2, 0) is 11.3 Å². The molecule has 1 aromatic rings. The molecule has 0 aliphatic heterocycles. The van der Waals surface area contributed by atoms with Crippen molar-refractivity contribution in [1.29, 1.82) is 0 Å². The summed E-state index contributed by atoms with van der Waals surface area (Å²) < 4.78 is 10.9. The van der Waals surface area contributed by atoms with Gasteiger partial charge in [0.2, 0.25) is 0 Å². The Morgan fingerprint density at radius 1 is 1.26 bits per heavy atom. The first kappa shape index (κ1) is 19.6. The normalized spacial score (nSPS) is 13.6. The van der Waals surface area contributed by atoms with Crippen molar-refractivity contribution in [2.24, 2.45) is 10.4 Å². The number of hydrogen-bond acceptors (Lipinski definition) is 3. The van der Waals surface area contributed by atoms with E-state index in [0.29, 0.717) is 24.1 Å². The lowest BCUT2D eigenvalue weighted by Crippen LogP contribution is -2.45. The minimum absolute atomic E-state index is 0.0556. The predicted molar refractivity (Wildman–Crippen MR) is 96.5 cm³/mol. The van der Waals surface area contributed by atoms with E-state index < -0.39 is 0 Å². The van der Waals surface area contributed by atoms with Crippen molar-refractivity contribution in [1.82, 2.24) is 10.6 Å². The molecule has 5 nitrogen and oxygen atoms in total. The molecule has 0 heterocycles. The van der Waals surface area contributed by atoms with Gasteiger partial charge in [0, 0.05) is 37.8 Å². The second kappa shape index (κ2) is 8.99. The van der Waals surface area contributed by atoms with E-state index in [0.717, 1.165) is 11.3 Å². The molecule has 130 valence electrons. The molecule has 23 heavy (non-hydrogen) atoms. The van der Waals surface area contributed by atoms with Crippen LogP contribution in [0.15, 0.2) is 23.2 Å². The molecule has 0 spiro atoms. The van der Waals surface area contributed by atoms with Crippen molar-refractivity contribution in [3.8, 4) is 5.75 Å². The fraction of sp³-hybridized carbons (Fsp3) is 0.588. The van der Waals surface area contributed by atoms with Crippen LogP contribution in [0, 0.1) is 5.41 Å². The monoisotopic (exact) mass is 341 g/mol. The van der Waals surface area contributed by atoms with Gasteiger partial charge >= 0.3 is 0 Å². The maximum Gasteiger partial charge on any atom is 0.191 e. The molecule has 0 amide bonds. The summed E-state index contributed by atoms with van der Waals surface area (Å²) >= 11 is 5.98. The molecule has 2 N–H and O–H groups in total. The van der Waals surface area contributed by atoms with Gasteiger partial charge in [-0.3, -0.25) is 4.99 Å². The van der Waals surface area contributed by atoms with Crippen molar-refractivity contribution in [3.05, 3.63) is 28.8 Å². The number of guanidine groups is 1. The molecular formula is C17H28ClN3O2. The number of hydrogen-bond donors (Lipinski definition) is 2. The second-order valence-electron chi connectivity index (χ2n) is 6.35. The van der Waals surface area contributed by atoms with Crippen LogP contribution in [0.25, 0.3) is 0 Å². The summed E-state index contributed by atoms with van der Waals surface area (Å²) in [5, 5.41) is 7.22. The van der Waals surface area contributed by atoms with Crippen LogP contribution in [0.1, 0.15) is 26.3 Å². The third kappa shape index (κ3) is 6.28. The van der Waals surface area contributed by atoms with Gasteiger partial charge in [0.25, 0.3) is 0 Å². The highest BCUT2D eigenvalue weighted by Crippen LogP contribution is 2.23. The van der Waals surface area contributed by atoms with Gasteiger partial charge in [-0.2, -0.15) is 0 Å². The number of methoxy groups -OCH3 is 2. The van der Waals surface area contributed by atoms with Gasteiger partial charge in [-0.05, 0) is 17.5 Å². The third-order valence-electron chi connectivity index (χ3n) is 3.62. The number of nitrogens with zero attached hydrogens (tertiary/aromatic N) is 1. The molecule has 1 rings (SSSR count).